The fourth-order valence-corrected chi connectivity index (χ4v) is 4.65. The van der Waals surface area contributed by atoms with Gasteiger partial charge in [-0.25, -0.2) is 9.97 Å². The van der Waals surface area contributed by atoms with Gasteiger partial charge in [-0.15, -0.1) is 0 Å². The lowest BCUT2D eigenvalue weighted by Gasteiger charge is -2.29. The first-order valence-corrected chi connectivity index (χ1v) is 9.13. The van der Waals surface area contributed by atoms with Gasteiger partial charge in [-0.3, -0.25) is 4.40 Å². The number of anilines is 1. The van der Waals surface area contributed by atoms with Crippen LogP contribution in [0.3, 0.4) is 0 Å². The van der Waals surface area contributed by atoms with E-state index < -0.39 is 5.51 Å². The maximum atomic E-state index is 12.8. The second-order valence-corrected chi connectivity index (χ2v) is 8.22. The van der Waals surface area contributed by atoms with Crippen LogP contribution in [-0.2, 0) is 0 Å². The molecule has 0 amide bonds. The third kappa shape index (κ3) is 2.88. The second kappa shape index (κ2) is 5.50. The lowest BCUT2D eigenvalue weighted by atomic mass is 10.1. The van der Waals surface area contributed by atoms with Crippen molar-refractivity contribution in [2.75, 3.05) is 25.5 Å². The van der Waals surface area contributed by atoms with Crippen LogP contribution in [0.4, 0.5) is 19.0 Å². The monoisotopic (exact) mass is 421 g/mol. The molecule has 0 radical (unpaired) electrons. The number of alkyl halides is 3. The molecule has 2 aromatic rings. The highest BCUT2D eigenvalue weighted by Gasteiger charge is 2.56. The van der Waals surface area contributed by atoms with E-state index in [9.17, 15) is 13.2 Å². The lowest BCUT2D eigenvalue weighted by molar-refractivity contribution is -0.0330. The van der Waals surface area contributed by atoms with E-state index in [2.05, 4.69) is 43.2 Å². The molecular weight excluding hydrogens is 407 g/mol. The molecule has 10 heteroatoms. The minimum Gasteiger partial charge on any atom is -0.361 e. The van der Waals surface area contributed by atoms with Crippen LogP contribution in [0.15, 0.2) is 22.0 Å². The first kappa shape index (κ1) is 16.5. The van der Waals surface area contributed by atoms with Crippen molar-refractivity contribution in [3.8, 4) is 0 Å². The van der Waals surface area contributed by atoms with Crippen molar-refractivity contribution in [2.24, 2.45) is 5.92 Å². The van der Waals surface area contributed by atoms with Gasteiger partial charge >= 0.3 is 5.51 Å². The minimum absolute atomic E-state index is 0.0103. The summed E-state index contributed by atoms with van der Waals surface area (Å²) in [7, 11) is 2.10. The Hall–Kier alpha value is -1.00. The molecule has 4 rings (SSSR count). The molecule has 1 aliphatic heterocycles. The Kier molecular flexibility index (Phi) is 3.77. The number of aromatic nitrogens is 3. The van der Waals surface area contributed by atoms with Gasteiger partial charge in [0.2, 0.25) is 0 Å². The zero-order chi connectivity index (χ0) is 17.1. The normalized spacial score (nSPS) is 27.3. The van der Waals surface area contributed by atoms with Gasteiger partial charge in [-0.2, -0.15) is 13.2 Å². The zero-order valence-corrected chi connectivity index (χ0v) is 15.2. The Morgan fingerprint density at radius 1 is 1.46 bits per heavy atom. The summed E-state index contributed by atoms with van der Waals surface area (Å²) in [5.41, 5.74) is -3.95. The average Bonchev–Trinajstić information content (AvgIpc) is 3.09. The molecule has 130 valence electrons. The fourth-order valence-electron chi connectivity index (χ4n) is 3.45. The molecule has 2 fully saturated rings. The number of imidazole rings is 1. The van der Waals surface area contributed by atoms with Crippen LogP contribution in [-0.4, -0.2) is 50.5 Å². The van der Waals surface area contributed by atoms with E-state index in [4.69, 9.17) is 0 Å². The molecule has 0 spiro atoms. The molecule has 2 aliphatic rings. The molecule has 5 nitrogen and oxygen atoms in total. The summed E-state index contributed by atoms with van der Waals surface area (Å²) in [6.45, 7) is 2.03. The Morgan fingerprint density at radius 2 is 2.25 bits per heavy atom. The number of rotatable bonds is 3. The van der Waals surface area contributed by atoms with Crippen LogP contribution in [0, 0.1) is 5.92 Å². The molecule has 1 N–H and O–H groups in total. The summed E-state index contributed by atoms with van der Waals surface area (Å²) in [6.07, 6.45) is 5.07. The van der Waals surface area contributed by atoms with Gasteiger partial charge in [0, 0.05) is 42.8 Å². The smallest absolute Gasteiger partial charge is 0.361 e. The number of piperidine rings is 1. The van der Waals surface area contributed by atoms with Crippen molar-refractivity contribution >= 4 is 39.2 Å². The highest BCUT2D eigenvalue weighted by molar-refractivity contribution is 9.10. The predicted molar refractivity (Wildman–Crippen MR) is 89.2 cm³/mol. The molecule has 1 aliphatic carbocycles. The Labute approximate surface area is 149 Å². The molecular formula is C14H15BrF3N5S. The van der Waals surface area contributed by atoms with E-state index in [0.717, 1.165) is 25.9 Å². The number of thioether (sulfide) groups is 1. The number of hydrogen-bond donors (Lipinski definition) is 1. The number of fused-ring (bicyclic) bond motifs is 2. The van der Waals surface area contributed by atoms with Crippen LogP contribution < -0.4 is 5.32 Å². The highest BCUT2D eigenvalue weighted by Crippen LogP contribution is 2.51. The van der Waals surface area contributed by atoms with Crippen LogP contribution >= 0.6 is 27.7 Å². The maximum absolute atomic E-state index is 12.8. The molecule has 24 heavy (non-hydrogen) atoms. The van der Waals surface area contributed by atoms with Gasteiger partial charge in [-0.1, -0.05) is 0 Å². The molecule has 0 bridgehead atoms. The average molecular weight is 422 g/mol. The first-order valence-electron chi connectivity index (χ1n) is 7.52. The van der Waals surface area contributed by atoms with Crippen LogP contribution in [0.2, 0.25) is 0 Å². The van der Waals surface area contributed by atoms with Crippen LogP contribution in [0.5, 0.6) is 0 Å². The summed E-state index contributed by atoms with van der Waals surface area (Å²) < 4.78 is 39.9. The van der Waals surface area contributed by atoms with Gasteiger partial charge in [0.15, 0.2) is 11.5 Å². The van der Waals surface area contributed by atoms with Crippen molar-refractivity contribution in [2.45, 2.75) is 28.9 Å². The predicted octanol–water partition coefficient (Wildman–Crippen LogP) is 3.61. The van der Waals surface area contributed by atoms with Crippen molar-refractivity contribution in [3.63, 3.8) is 0 Å². The molecule has 2 atom stereocenters. The van der Waals surface area contributed by atoms with Gasteiger partial charge < -0.3 is 10.2 Å². The maximum Gasteiger partial charge on any atom is 0.447 e. The molecule has 3 heterocycles. The second-order valence-electron chi connectivity index (χ2n) is 6.42. The molecule has 1 saturated carbocycles. The Morgan fingerprint density at radius 3 is 2.96 bits per heavy atom. The topological polar surface area (TPSA) is 45.5 Å². The van der Waals surface area contributed by atoms with Gasteiger partial charge in [0.1, 0.15) is 9.63 Å². The van der Waals surface area contributed by atoms with Crippen molar-refractivity contribution < 1.29 is 13.2 Å². The fraction of sp³-hybridized carbons (Fsp3) is 0.571. The summed E-state index contributed by atoms with van der Waals surface area (Å²) >= 11 is 2.96. The summed E-state index contributed by atoms with van der Waals surface area (Å²) in [4.78, 5) is 10.9. The number of nitrogens with zero attached hydrogens (tertiary/aromatic N) is 4. The summed E-state index contributed by atoms with van der Waals surface area (Å²) in [5, 5.41) is 3.48. The summed E-state index contributed by atoms with van der Waals surface area (Å²) in [6, 6.07) is 0. The van der Waals surface area contributed by atoms with Crippen molar-refractivity contribution in [3.05, 3.63) is 17.0 Å². The van der Waals surface area contributed by atoms with Gasteiger partial charge in [0.25, 0.3) is 0 Å². The Bertz CT molecular complexity index is 795. The minimum atomic E-state index is -4.37. The molecule has 0 aromatic carbocycles. The number of halogens is 4. The first-order chi connectivity index (χ1) is 11.3. The number of nitrogens with one attached hydrogen (secondary N) is 1. The molecule has 1 saturated heterocycles. The largest absolute Gasteiger partial charge is 0.447 e. The van der Waals surface area contributed by atoms with E-state index in [1.165, 1.54) is 16.8 Å². The van der Waals surface area contributed by atoms with Crippen molar-refractivity contribution in [1.29, 1.82) is 0 Å². The lowest BCUT2D eigenvalue weighted by Crippen LogP contribution is -2.39. The quantitative estimate of drug-likeness (QED) is 0.766. The van der Waals surface area contributed by atoms with Gasteiger partial charge in [-0.05, 0) is 41.7 Å². The van der Waals surface area contributed by atoms with Crippen LogP contribution in [0.25, 0.3) is 5.65 Å². The van der Waals surface area contributed by atoms with E-state index >= 15 is 0 Å². The number of hydrogen-bond acceptors (Lipinski definition) is 5. The SMILES string of the molecule is CN1CCC2(Nc3nccn4c(SC(F)(F)F)c(Br)nc34)CC2C1. The van der Waals surface area contributed by atoms with E-state index in [1.54, 1.807) is 0 Å². The van der Waals surface area contributed by atoms with Crippen LogP contribution in [0.1, 0.15) is 12.8 Å². The van der Waals surface area contributed by atoms with E-state index in [-0.39, 0.29) is 26.9 Å². The third-order valence-electron chi connectivity index (χ3n) is 4.74. The van der Waals surface area contributed by atoms with E-state index in [1.807, 2.05) is 0 Å². The standard InChI is InChI=1S/C14H15BrF3N5S/c1-22-4-2-13(6-8(13)7-22)21-10-11-20-9(15)12(24-14(16,17)18)23(11)5-3-19-10/h3,5,8H,2,4,6-7H2,1H3,(H,19,21). The highest BCUT2D eigenvalue weighted by atomic mass is 79.9. The van der Waals surface area contributed by atoms with E-state index in [0.29, 0.717) is 17.4 Å². The third-order valence-corrected chi connectivity index (χ3v) is 6.37. The van der Waals surface area contributed by atoms with Gasteiger partial charge in [0.05, 0.1) is 0 Å². The molecule has 2 aromatic heterocycles. The Balaban J connectivity index is 1.67. The zero-order valence-electron chi connectivity index (χ0n) is 12.8. The van der Waals surface area contributed by atoms with Crippen molar-refractivity contribution in [1.82, 2.24) is 19.3 Å². The molecule has 2 unspecified atom stereocenters. The number of likely N-dealkylation sites (tertiary alicyclic amines) is 1. The summed E-state index contributed by atoms with van der Waals surface area (Å²) in [5.74, 6) is 1.10.